The van der Waals surface area contributed by atoms with E-state index in [0.29, 0.717) is 17.1 Å². The molecule has 1 N–H and O–H groups in total. The van der Waals surface area contributed by atoms with Crippen LogP contribution < -0.4 is 5.32 Å². The third-order valence-corrected chi connectivity index (χ3v) is 3.56. The van der Waals surface area contributed by atoms with Gasteiger partial charge in [-0.05, 0) is 31.5 Å². The Kier molecular flexibility index (Phi) is 2.19. The summed E-state index contributed by atoms with van der Waals surface area (Å²) in [6, 6.07) is 5.43. The molecule has 0 radical (unpaired) electrons. The van der Waals surface area contributed by atoms with E-state index < -0.39 is 5.60 Å². The fourth-order valence-corrected chi connectivity index (χ4v) is 2.74. The summed E-state index contributed by atoms with van der Waals surface area (Å²) in [5, 5.41) is 3.86. The van der Waals surface area contributed by atoms with Crippen LogP contribution in [0.2, 0.25) is 5.02 Å². The van der Waals surface area contributed by atoms with Gasteiger partial charge >= 0.3 is 5.97 Å². The lowest BCUT2D eigenvalue weighted by atomic mass is 9.86. The second-order valence-corrected chi connectivity index (χ2v) is 4.79. The lowest BCUT2D eigenvalue weighted by molar-refractivity contribution is -0.0203. The largest absolute Gasteiger partial charge is 0.449 e. The second-order valence-electron chi connectivity index (χ2n) is 4.35. The maximum atomic E-state index is 11.8. The first-order valence-electron chi connectivity index (χ1n) is 5.45. The molecule has 1 saturated heterocycles. The molecule has 2 heterocycles. The molecule has 1 atom stereocenters. The molecule has 2 aliphatic rings. The average Bonchev–Trinajstić information content (AvgIpc) is 2.53. The molecule has 1 aromatic rings. The van der Waals surface area contributed by atoms with Gasteiger partial charge in [0.1, 0.15) is 0 Å². The van der Waals surface area contributed by atoms with E-state index in [-0.39, 0.29) is 5.97 Å². The molecule has 3 nitrogen and oxygen atoms in total. The van der Waals surface area contributed by atoms with Gasteiger partial charge in [-0.2, -0.15) is 0 Å². The Hall–Kier alpha value is -1.06. The molecule has 1 fully saturated rings. The Morgan fingerprint density at radius 1 is 1.44 bits per heavy atom. The highest BCUT2D eigenvalue weighted by atomic mass is 35.5. The highest BCUT2D eigenvalue weighted by Crippen LogP contribution is 2.41. The number of carbonyl (C=O) groups excluding carboxylic acids is 1. The van der Waals surface area contributed by atoms with Crippen molar-refractivity contribution < 1.29 is 9.53 Å². The summed E-state index contributed by atoms with van der Waals surface area (Å²) in [6.07, 6.45) is 1.91. The fraction of sp³-hybridized carbons (Fsp3) is 0.417. The second kappa shape index (κ2) is 3.47. The fourth-order valence-electron chi connectivity index (χ4n) is 2.56. The van der Waals surface area contributed by atoms with Crippen molar-refractivity contribution in [2.45, 2.75) is 18.4 Å². The van der Waals surface area contributed by atoms with Crippen molar-refractivity contribution in [1.82, 2.24) is 5.32 Å². The summed E-state index contributed by atoms with van der Waals surface area (Å²) >= 11 is 5.89. The molecule has 1 aromatic carbocycles. The summed E-state index contributed by atoms with van der Waals surface area (Å²) in [5.74, 6) is -0.249. The topological polar surface area (TPSA) is 38.3 Å². The van der Waals surface area contributed by atoms with E-state index in [4.69, 9.17) is 16.3 Å². The van der Waals surface area contributed by atoms with Crippen LogP contribution in [0.15, 0.2) is 18.2 Å². The summed E-state index contributed by atoms with van der Waals surface area (Å²) in [6.45, 7) is 1.69. The first-order chi connectivity index (χ1) is 7.71. The molecule has 3 rings (SSSR count). The van der Waals surface area contributed by atoms with Gasteiger partial charge in [0.15, 0.2) is 5.60 Å². The number of carbonyl (C=O) groups is 1. The Balaban J connectivity index is 2.11. The summed E-state index contributed by atoms with van der Waals surface area (Å²) < 4.78 is 5.56. The van der Waals surface area contributed by atoms with Gasteiger partial charge in [-0.15, -0.1) is 0 Å². The minimum Gasteiger partial charge on any atom is -0.449 e. The monoisotopic (exact) mass is 237 g/mol. The van der Waals surface area contributed by atoms with Crippen molar-refractivity contribution in [3.63, 3.8) is 0 Å². The molecular formula is C12H12ClNO2. The number of rotatable bonds is 0. The van der Waals surface area contributed by atoms with Crippen LogP contribution >= 0.6 is 11.6 Å². The zero-order chi connectivity index (χ0) is 11.2. The Morgan fingerprint density at radius 2 is 2.31 bits per heavy atom. The molecule has 0 aliphatic carbocycles. The minimum atomic E-state index is -0.449. The molecule has 16 heavy (non-hydrogen) atoms. The first kappa shape index (κ1) is 10.1. The van der Waals surface area contributed by atoms with Gasteiger partial charge in [0, 0.05) is 17.1 Å². The molecule has 0 bridgehead atoms. The number of nitrogens with one attached hydrogen (secondary N) is 1. The highest BCUT2D eigenvalue weighted by Gasteiger charge is 2.46. The first-order valence-corrected chi connectivity index (χ1v) is 5.83. The van der Waals surface area contributed by atoms with Crippen LogP contribution in [-0.2, 0) is 10.3 Å². The number of fused-ring (bicyclic) bond motifs is 2. The number of benzene rings is 1. The van der Waals surface area contributed by atoms with Gasteiger partial charge in [0.2, 0.25) is 0 Å². The predicted octanol–water partition coefficient (Wildman–Crippen LogP) is 2.09. The molecular weight excluding hydrogens is 226 g/mol. The number of hydrogen-bond donors (Lipinski definition) is 1. The van der Waals surface area contributed by atoms with E-state index in [9.17, 15) is 4.79 Å². The summed E-state index contributed by atoms with van der Waals surface area (Å²) in [4.78, 5) is 11.8. The van der Waals surface area contributed by atoms with Gasteiger partial charge in [-0.25, -0.2) is 4.79 Å². The third-order valence-electron chi connectivity index (χ3n) is 3.33. The van der Waals surface area contributed by atoms with Crippen LogP contribution in [0.4, 0.5) is 0 Å². The van der Waals surface area contributed by atoms with E-state index in [1.54, 1.807) is 6.07 Å². The number of piperidine rings is 1. The molecule has 0 aromatic heterocycles. The lowest BCUT2D eigenvalue weighted by Gasteiger charge is -2.33. The Labute approximate surface area is 98.7 Å². The maximum absolute atomic E-state index is 11.8. The molecule has 1 spiro atoms. The predicted molar refractivity (Wildman–Crippen MR) is 60.6 cm³/mol. The van der Waals surface area contributed by atoms with Crippen LogP contribution in [0.25, 0.3) is 0 Å². The normalized spacial score (nSPS) is 27.9. The smallest absolute Gasteiger partial charge is 0.339 e. The standard InChI is InChI=1S/C12H12ClNO2/c13-8-2-3-10-9(6-8)11(15)16-12(10)4-1-5-14-7-12/h2-3,6,14H,1,4-5,7H2. The third kappa shape index (κ3) is 1.35. The maximum Gasteiger partial charge on any atom is 0.339 e. The van der Waals surface area contributed by atoms with Crippen LogP contribution in [0.1, 0.15) is 28.8 Å². The number of halogens is 1. The Morgan fingerprint density at radius 3 is 3.06 bits per heavy atom. The van der Waals surface area contributed by atoms with Gasteiger partial charge in [0.05, 0.1) is 5.56 Å². The highest BCUT2D eigenvalue weighted by molar-refractivity contribution is 6.31. The van der Waals surface area contributed by atoms with Crippen LogP contribution in [0.3, 0.4) is 0 Å². The van der Waals surface area contributed by atoms with E-state index in [1.165, 1.54) is 0 Å². The van der Waals surface area contributed by atoms with Crippen molar-refractivity contribution >= 4 is 17.6 Å². The average molecular weight is 238 g/mol. The van der Waals surface area contributed by atoms with Gasteiger partial charge in [-0.3, -0.25) is 0 Å². The molecule has 0 amide bonds. The molecule has 4 heteroatoms. The van der Waals surface area contributed by atoms with Crippen LogP contribution in [0.5, 0.6) is 0 Å². The SMILES string of the molecule is O=C1OC2(CCCNC2)c2ccc(Cl)cc21. The van der Waals surface area contributed by atoms with E-state index >= 15 is 0 Å². The van der Waals surface area contributed by atoms with Gasteiger partial charge < -0.3 is 10.1 Å². The molecule has 1 unspecified atom stereocenters. The number of hydrogen-bond acceptors (Lipinski definition) is 3. The number of esters is 1. The summed E-state index contributed by atoms with van der Waals surface area (Å²) in [7, 11) is 0. The zero-order valence-electron chi connectivity index (χ0n) is 8.75. The van der Waals surface area contributed by atoms with Gasteiger partial charge in [-0.1, -0.05) is 17.7 Å². The quantitative estimate of drug-likeness (QED) is 0.703. The Bertz CT molecular complexity index is 452. The molecule has 0 saturated carbocycles. The van der Waals surface area contributed by atoms with Crippen molar-refractivity contribution in [2.75, 3.05) is 13.1 Å². The molecule has 84 valence electrons. The number of ether oxygens (including phenoxy) is 1. The van der Waals surface area contributed by atoms with Crippen molar-refractivity contribution in [3.05, 3.63) is 34.3 Å². The van der Waals surface area contributed by atoms with E-state index in [0.717, 1.165) is 24.9 Å². The molecule has 2 aliphatic heterocycles. The van der Waals surface area contributed by atoms with Crippen molar-refractivity contribution in [1.29, 1.82) is 0 Å². The van der Waals surface area contributed by atoms with Crippen LogP contribution in [-0.4, -0.2) is 19.1 Å². The van der Waals surface area contributed by atoms with Crippen molar-refractivity contribution in [2.24, 2.45) is 0 Å². The van der Waals surface area contributed by atoms with Crippen molar-refractivity contribution in [3.8, 4) is 0 Å². The lowest BCUT2D eigenvalue weighted by Crippen LogP contribution is -2.43. The van der Waals surface area contributed by atoms with E-state index in [1.807, 2.05) is 12.1 Å². The van der Waals surface area contributed by atoms with Gasteiger partial charge in [0.25, 0.3) is 0 Å². The summed E-state index contributed by atoms with van der Waals surface area (Å²) in [5.41, 5.74) is 1.15. The van der Waals surface area contributed by atoms with E-state index in [2.05, 4.69) is 5.32 Å². The minimum absolute atomic E-state index is 0.249. The van der Waals surface area contributed by atoms with Crippen LogP contribution in [0, 0.1) is 0 Å². The zero-order valence-corrected chi connectivity index (χ0v) is 9.51.